The van der Waals surface area contributed by atoms with E-state index in [-0.39, 0.29) is 17.6 Å². The third-order valence-electron chi connectivity index (χ3n) is 5.82. The summed E-state index contributed by atoms with van der Waals surface area (Å²) in [5.41, 5.74) is 3.26. The van der Waals surface area contributed by atoms with Crippen LogP contribution >= 0.6 is 0 Å². The summed E-state index contributed by atoms with van der Waals surface area (Å²) in [7, 11) is 0. The van der Waals surface area contributed by atoms with Crippen LogP contribution in [-0.4, -0.2) is 24.5 Å². The van der Waals surface area contributed by atoms with Gasteiger partial charge in [-0.1, -0.05) is 30.9 Å². The van der Waals surface area contributed by atoms with Crippen molar-refractivity contribution in [1.82, 2.24) is 24.5 Å². The predicted octanol–water partition coefficient (Wildman–Crippen LogP) is 4.21. The molecule has 1 aliphatic rings. The van der Waals surface area contributed by atoms with E-state index in [2.05, 4.69) is 44.8 Å². The molecule has 0 saturated heterocycles. The van der Waals surface area contributed by atoms with Crippen molar-refractivity contribution < 1.29 is 0 Å². The smallest absolute Gasteiger partial charge is 0.259 e. The van der Waals surface area contributed by atoms with E-state index in [1.165, 1.54) is 6.33 Å². The van der Waals surface area contributed by atoms with Gasteiger partial charge >= 0.3 is 0 Å². The maximum absolute atomic E-state index is 13.5. The Morgan fingerprint density at radius 1 is 1.31 bits per heavy atom. The molecule has 5 rings (SSSR count). The first kappa shape index (κ1) is 17.6. The second-order valence-electron chi connectivity index (χ2n) is 7.53. The number of hydrogen-bond donors (Lipinski definition) is 2. The molecule has 3 aromatic heterocycles. The lowest BCUT2D eigenvalue weighted by Crippen LogP contribution is -2.33. The minimum atomic E-state index is -0.124. The highest BCUT2D eigenvalue weighted by Crippen LogP contribution is 2.35. The van der Waals surface area contributed by atoms with Crippen LogP contribution in [0.5, 0.6) is 0 Å². The molecule has 1 saturated carbocycles. The Kier molecular flexibility index (Phi) is 4.16. The first-order chi connectivity index (χ1) is 14.2. The molecule has 0 spiro atoms. The first-order valence-corrected chi connectivity index (χ1v) is 9.88. The zero-order chi connectivity index (χ0) is 20.0. The van der Waals surface area contributed by atoms with Crippen LogP contribution in [0.3, 0.4) is 0 Å². The van der Waals surface area contributed by atoms with Gasteiger partial charge in [-0.05, 0) is 43.2 Å². The van der Waals surface area contributed by atoms with Crippen molar-refractivity contribution in [2.24, 2.45) is 0 Å². The van der Waals surface area contributed by atoms with Gasteiger partial charge in [0.2, 0.25) is 0 Å². The average molecular weight is 386 g/mol. The number of nitrogens with one attached hydrogen (secondary N) is 2. The third kappa shape index (κ3) is 2.81. The summed E-state index contributed by atoms with van der Waals surface area (Å²) in [5, 5.41) is 5.12. The number of aromatic amines is 1. The van der Waals surface area contributed by atoms with Gasteiger partial charge in [-0.25, -0.2) is 15.0 Å². The van der Waals surface area contributed by atoms with Gasteiger partial charge in [0.15, 0.2) is 11.5 Å². The molecule has 1 atom stereocenters. The van der Waals surface area contributed by atoms with Gasteiger partial charge in [0, 0.05) is 11.7 Å². The lowest BCUT2D eigenvalue weighted by Gasteiger charge is -2.32. The summed E-state index contributed by atoms with van der Waals surface area (Å²) in [6.07, 6.45) is 8.06. The van der Waals surface area contributed by atoms with Gasteiger partial charge in [0.25, 0.3) is 5.56 Å². The van der Waals surface area contributed by atoms with E-state index in [1.807, 2.05) is 22.8 Å². The molecule has 0 aliphatic heterocycles. The van der Waals surface area contributed by atoms with Crippen LogP contribution in [0.15, 0.2) is 48.3 Å². The number of rotatable bonds is 5. The quantitative estimate of drug-likeness (QED) is 0.536. The summed E-state index contributed by atoms with van der Waals surface area (Å²) in [6, 6.07) is 8.13. The molecule has 1 aromatic carbocycles. The second kappa shape index (κ2) is 6.84. The van der Waals surface area contributed by atoms with E-state index in [4.69, 9.17) is 0 Å². The minimum Gasteiger partial charge on any atom is -0.360 e. The molecular formula is C22H22N6O. The molecule has 1 fully saturated rings. The van der Waals surface area contributed by atoms with Gasteiger partial charge in [-0.2, -0.15) is 0 Å². The molecule has 29 heavy (non-hydrogen) atoms. The molecule has 3 heterocycles. The largest absolute Gasteiger partial charge is 0.360 e. The SMILES string of the molecule is C=Cc1cccc2cc([C@H](C)Nc3ncnc4nc[nH]c34)n(C3CCC3)c(=O)c12. The molecule has 146 valence electrons. The monoisotopic (exact) mass is 386 g/mol. The maximum Gasteiger partial charge on any atom is 0.259 e. The number of pyridine rings is 1. The molecule has 0 bridgehead atoms. The van der Waals surface area contributed by atoms with Crippen LogP contribution in [0.2, 0.25) is 0 Å². The second-order valence-corrected chi connectivity index (χ2v) is 7.53. The van der Waals surface area contributed by atoms with E-state index in [1.54, 1.807) is 12.4 Å². The Labute approximate surface area is 167 Å². The average Bonchev–Trinajstić information content (AvgIpc) is 3.17. The lowest BCUT2D eigenvalue weighted by atomic mass is 9.91. The summed E-state index contributed by atoms with van der Waals surface area (Å²) < 4.78 is 1.97. The number of benzene rings is 1. The number of H-pyrrole nitrogens is 1. The van der Waals surface area contributed by atoms with Crippen LogP contribution < -0.4 is 10.9 Å². The van der Waals surface area contributed by atoms with E-state index >= 15 is 0 Å². The highest BCUT2D eigenvalue weighted by molar-refractivity contribution is 5.90. The number of fused-ring (bicyclic) bond motifs is 2. The molecule has 7 heteroatoms. The van der Waals surface area contributed by atoms with Crippen molar-refractivity contribution in [3.63, 3.8) is 0 Å². The number of nitrogens with zero attached hydrogens (tertiary/aromatic N) is 4. The summed E-state index contributed by atoms with van der Waals surface area (Å²) in [5.74, 6) is 0.674. The Balaban J connectivity index is 1.66. The normalized spacial score (nSPS) is 15.3. The van der Waals surface area contributed by atoms with Gasteiger partial charge in [0.1, 0.15) is 11.8 Å². The Morgan fingerprint density at radius 2 is 2.17 bits per heavy atom. The molecule has 0 unspecified atom stereocenters. The van der Waals surface area contributed by atoms with Gasteiger partial charge in [-0.15, -0.1) is 0 Å². The summed E-state index contributed by atoms with van der Waals surface area (Å²) in [6.45, 7) is 5.94. The molecule has 7 nitrogen and oxygen atoms in total. The predicted molar refractivity (Wildman–Crippen MR) is 115 cm³/mol. The zero-order valence-corrected chi connectivity index (χ0v) is 16.2. The van der Waals surface area contributed by atoms with Crippen LogP contribution in [0.1, 0.15) is 49.5 Å². The van der Waals surface area contributed by atoms with E-state index < -0.39 is 0 Å². The standard InChI is InChI=1S/C22H22N6O/c1-3-14-6-4-7-15-10-17(28(16-8-5-9-16)22(29)18(14)15)13(2)27-21-19-20(24-11-23-19)25-12-26-21/h3-4,6-7,10-13,16H,1,5,8-9H2,2H3,(H2,23,24,25,26,27)/t13-/m0/s1. The van der Waals surface area contributed by atoms with E-state index in [0.29, 0.717) is 11.5 Å². The maximum atomic E-state index is 13.5. The fourth-order valence-electron chi connectivity index (χ4n) is 4.10. The highest BCUT2D eigenvalue weighted by Gasteiger charge is 2.26. The zero-order valence-electron chi connectivity index (χ0n) is 16.2. The Hall–Kier alpha value is -3.48. The van der Waals surface area contributed by atoms with Crippen molar-refractivity contribution in [3.8, 4) is 0 Å². The minimum absolute atomic E-state index is 0.0562. The molecule has 4 aromatic rings. The van der Waals surface area contributed by atoms with Crippen molar-refractivity contribution in [2.45, 2.75) is 38.3 Å². The van der Waals surface area contributed by atoms with E-state index in [9.17, 15) is 4.79 Å². The fraction of sp³-hybridized carbons (Fsp3) is 0.273. The van der Waals surface area contributed by atoms with Gasteiger partial charge < -0.3 is 14.9 Å². The topological polar surface area (TPSA) is 88.5 Å². The van der Waals surface area contributed by atoms with E-state index in [0.717, 1.165) is 46.8 Å². The van der Waals surface area contributed by atoms with Gasteiger partial charge in [0.05, 0.1) is 17.8 Å². The van der Waals surface area contributed by atoms with Crippen molar-refractivity contribution in [2.75, 3.05) is 5.32 Å². The lowest BCUT2D eigenvalue weighted by molar-refractivity contribution is 0.298. The molecule has 2 N–H and O–H groups in total. The number of aromatic nitrogens is 5. The van der Waals surface area contributed by atoms with Crippen molar-refractivity contribution in [3.05, 3.63) is 65.1 Å². The first-order valence-electron chi connectivity index (χ1n) is 9.88. The van der Waals surface area contributed by atoms with Crippen LogP contribution in [0.25, 0.3) is 28.0 Å². The van der Waals surface area contributed by atoms with Crippen molar-refractivity contribution in [1.29, 1.82) is 0 Å². The number of anilines is 1. The Morgan fingerprint density at radius 3 is 2.93 bits per heavy atom. The molecule has 0 radical (unpaired) electrons. The molecule has 0 amide bonds. The van der Waals surface area contributed by atoms with Gasteiger partial charge in [-0.3, -0.25) is 4.79 Å². The van der Waals surface area contributed by atoms with Crippen molar-refractivity contribution >= 4 is 33.8 Å². The molecule has 1 aliphatic carbocycles. The van der Waals surface area contributed by atoms with Crippen LogP contribution in [-0.2, 0) is 0 Å². The van der Waals surface area contributed by atoms with Crippen LogP contribution in [0.4, 0.5) is 5.82 Å². The van der Waals surface area contributed by atoms with Crippen LogP contribution in [0, 0.1) is 0 Å². The number of imidazole rings is 1. The Bertz CT molecular complexity index is 1280. The third-order valence-corrected chi connectivity index (χ3v) is 5.82. The molecular weight excluding hydrogens is 364 g/mol. The fourth-order valence-corrected chi connectivity index (χ4v) is 4.10. The summed E-state index contributed by atoms with van der Waals surface area (Å²) in [4.78, 5) is 29.3. The summed E-state index contributed by atoms with van der Waals surface area (Å²) >= 11 is 0. The highest BCUT2D eigenvalue weighted by atomic mass is 16.1. The number of hydrogen-bond acceptors (Lipinski definition) is 5.